The Kier molecular flexibility index (Phi) is 2.46. The van der Waals surface area contributed by atoms with Gasteiger partial charge in [-0.15, -0.1) is 15.3 Å². The van der Waals surface area contributed by atoms with E-state index in [-0.39, 0.29) is 5.41 Å². The average Bonchev–Trinajstić information content (AvgIpc) is 2.90. The summed E-state index contributed by atoms with van der Waals surface area (Å²) in [4.78, 5) is 1.73. The van der Waals surface area contributed by atoms with Crippen molar-refractivity contribution < 1.29 is 0 Å². The van der Waals surface area contributed by atoms with Gasteiger partial charge in [0.05, 0.1) is 5.69 Å². The first kappa shape index (κ1) is 11.7. The highest BCUT2D eigenvalue weighted by molar-refractivity contribution is 7.16. The van der Waals surface area contributed by atoms with E-state index in [1.807, 2.05) is 6.92 Å². The first-order chi connectivity index (χ1) is 8.47. The fourth-order valence-electron chi connectivity index (χ4n) is 1.50. The molecule has 0 fully saturated rings. The van der Waals surface area contributed by atoms with Crippen molar-refractivity contribution in [3.05, 3.63) is 10.7 Å². The monoisotopic (exact) mass is 280 g/mol. The lowest BCUT2D eigenvalue weighted by molar-refractivity contribution is 0.574. The molecular weight excluding hydrogens is 268 g/mol. The van der Waals surface area contributed by atoms with E-state index in [0.29, 0.717) is 0 Å². The number of hydrogen-bond acceptors (Lipinski definition) is 7. The van der Waals surface area contributed by atoms with Gasteiger partial charge in [0.15, 0.2) is 5.82 Å². The van der Waals surface area contributed by atoms with Crippen LogP contribution in [0.3, 0.4) is 0 Å². The summed E-state index contributed by atoms with van der Waals surface area (Å²) in [6.07, 6.45) is 0. The molecule has 6 nitrogen and oxygen atoms in total. The molecule has 0 atom stereocenters. The van der Waals surface area contributed by atoms with Gasteiger partial charge in [0.2, 0.25) is 4.96 Å². The Morgan fingerprint density at radius 2 is 1.89 bits per heavy atom. The van der Waals surface area contributed by atoms with E-state index < -0.39 is 0 Å². The zero-order valence-electron chi connectivity index (χ0n) is 10.5. The summed E-state index contributed by atoms with van der Waals surface area (Å²) in [6.45, 7) is 8.32. The van der Waals surface area contributed by atoms with E-state index >= 15 is 0 Å². The van der Waals surface area contributed by atoms with Crippen LogP contribution in [0.15, 0.2) is 0 Å². The predicted molar refractivity (Wildman–Crippen MR) is 71.0 cm³/mol. The fourth-order valence-corrected chi connectivity index (χ4v) is 3.02. The lowest BCUT2D eigenvalue weighted by atomic mass is 9.98. The molecule has 3 rings (SSSR count). The molecule has 0 aliphatic heterocycles. The molecule has 0 aliphatic rings. The molecule has 0 saturated heterocycles. The Hall–Kier alpha value is -1.41. The van der Waals surface area contributed by atoms with Crippen LogP contribution in [-0.2, 0) is 5.41 Å². The van der Waals surface area contributed by atoms with Crippen molar-refractivity contribution in [2.75, 3.05) is 0 Å². The Labute approximate surface area is 112 Å². The van der Waals surface area contributed by atoms with Gasteiger partial charge in [-0.25, -0.2) is 0 Å². The second-order valence-corrected chi connectivity index (χ2v) is 6.77. The molecule has 0 aliphatic carbocycles. The van der Waals surface area contributed by atoms with Gasteiger partial charge in [0, 0.05) is 5.41 Å². The van der Waals surface area contributed by atoms with Gasteiger partial charge in [-0.05, 0) is 18.5 Å². The summed E-state index contributed by atoms with van der Waals surface area (Å²) in [5.74, 6) is 0.726. The minimum absolute atomic E-state index is 0.0175. The normalized spacial score (nSPS) is 12.4. The number of aromatic nitrogens is 6. The Bertz CT molecular complexity index is 701. The second-order valence-electron chi connectivity index (χ2n) is 5.06. The molecule has 0 spiro atoms. The number of hydrogen-bond donors (Lipinski definition) is 0. The van der Waals surface area contributed by atoms with E-state index in [1.165, 1.54) is 11.5 Å². The van der Waals surface area contributed by atoms with Crippen molar-refractivity contribution in [2.45, 2.75) is 33.1 Å². The first-order valence-electron chi connectivity index (χ1n) is 5.49. The van der Waals surface area contributed by atoms with Crippen molar-refractivity contribution in [1.82, 2.24) is 29.4 Å². The summed E-state index contributed by atoms with van der Waals surface area (Å²) < 4.78 is 5.71. The quantitative estimate of drug-likeness (QED) is 0.684. The molecule has 18 heavy (non-hydrogen) atoms. The molecule has 3 aromatic rings. The lowest BCUT2D eigenvalue weighted by Gasteiger charge is -2.12. The van der Waals surface area contributed by atoms with Gasteiger partial charge >= 0.3 is 0 Å². The van der Waals surface area contributed by atoms with Crippen molar-refractivity contribution in [3.63, 3.8) is 0 Å². The summed E-state index contributed by atoms with van der Waals surface area (Å²) in [7, 11) is 0. The van der Waals surface area contributed by atoms with Crippen LogP contribution in [-0.4, -0.2) is 29.4 Å². The van der Waals surface area contributed by atoms with Crippen molar-refractivity contribution in [2.24, 2.45) is 0 Å². The maximum absolute atomic E-state index is 4.60. The molecular formula is C10H12N6S2. The molecule has 0 aromatic carbocycles. The SMILES string of the molecule is Cc1nnsc1-c1nnc2sc(C(C)(C)C)nn12. The van der Waals surface area contributed by atoms with Gasteiger partial charge in [-0.1, -0.05) is 36.6 Å². The van der Waals surface area contributed by atoms with E-state index in [0.717, 1.165) is 26.4 Å². The molecule has 94 valence electrons. The standard InChI is InChI=1S/C10H12N6S2/c1-5-6(18-15-11-5)7-12-13-9-16(7)14-8(17-9)10(2,3)4/h1-4H3. The molecule has 0 bridgehead atoms. The zero-order valence-corrected chi connectivity index (χ0v) is 12.1. The largest absolute Gasteiger partial charge is 0.235 e. The third-order valence-corrected chi connectivity index (χ3v) is 4.64. The van der Waals surface area contributed by atoms with Crippen molar-refractivity contribution in [1.29, 1.82) is 0 Å². The van der Waals surface area contributed by atoms with Crippen molar-refractivity contribution >= 4 is 27.8 Å². The molecule has 3 aromatic heterocycles. The van der Waals surface area contributed by atoms with Crippen LogP contribution in [0.25, 0.3) is 15.7 Å². The summed E-state index contributed by atoms with van der Waals surface area (Å²) in [5, 5.41) is 18.0. The van der Waals surface area contributed by atoms with Gasteiger partial charge in [0.1, 0.15) is 9.88 Å². The van der Waals surface area contributed by atoms with Crippen LogP contribution in [0.5, 0.6) is 0 Å². The molecule has 3 heterocycles. The second kappa shape index (κ2) is 3.79. The highest BCUT2D eigenvalue weighted by Gasteiger charge is 2.23. The Morgan fingerprint density at radius 3 is 2.50 bits per heavy atom. The number of fused-ring (bicyclic) bond motifs is 1. The van der Waals surface area contributed by atoms with Crippen molar-refractivity contribution in [3.8, 4) is 10.7 Å². The highest BCUT2D eigenvalue weighted by Crippen LogP contribution is 2.30. The number of nitrogens with zero attached hydrogens (tertiary/aromatic N) is 6. The maximum Gasteiger partial charge on any atom is 0.235 e. The van der Waals surface area contributed by atoms with Crippen LogP contribution >= 0.6 is 22.9 Å². The van der Waals surface area contributed by atoms with Gasteiger partial charge in [-0.2, -0.15) is 9.61 Å². The molecule has 0 unspecified atom stereocenters. The predicted octanol–water partition coefficient (Wildman–Crippen LogP) is 2.31. The van der Waals surface area contributed by atoms with E-state index in [4.69, 9.17) is 0 Å². The smallest absolute Gasteiger partial charge is 0.182 e. The Morgan fingerprint density at radius 1 is 1.11 bits per heavy atom. The number of aryl methyl sites for hydroxylation is 1. The van der Waals surface area contributed by atoms with Crippen LogP contribution in [0.4, 0.5) is 0 Å². The first-order valence-corrected chi connectivity index (χ1v) is 7.08. The van der Waals surface area contributed by atoms with Gasteiger partial charge in [0.25, 0.3) is 0 Å². The van der Waals surface area contributed by atoms with Crippen LogP contribution in [0, 0.1) is 6.92 Å². The van der Waals surface area contributed by atoms with E-state index in [9.17, 15) is 0 Å². The minimum Gasteiger partial charge on any atom is -0.182 e. The van der Waals surface area contributed by atoms with Crippen LogP contribution in [0.2, 0.25) is 0 Å². The van der Waals surface area contributed by atoms with Gasteiger partial charge < -0.3 is 0 Å². The number of rotatable bonds is 1. The fraction of sp³-hybridized carbons (Fsp3) is 0.500. The minimum atomic E-state index is 0.0175. The highest BCUT2D eigenvalue weighted by atomic mass is 32.1. The van der Waals surface area contributed by atoms with E-state index in [2.05, 4.69) is 45.7 Å². The maximum atomic E-state index is 4.60. The van der Waals surface area contributed by atoms with E-state index in [1.54, 1.807) is 15.9 Å². The average molecular weight is 280 g/mol. The van der Waals surface area contributed by atoms with Crippen LogP contribution < -0.4 is 0 Å². The third-order valence-electron chi connectivity index (χ3n) is 2.49. The lowest BCUT2D eigenvalue weighted by Crippen LogP contribution is -2.11. The molecule has 0 saturated carbocycles. The molecule has 0 amide bonds. The molecule has 0 radical (unpaired) electrons. The van der Waals surface area contributed by atoms with Crippen LogP contribution in [0.1, 0.15) is 31.5 Å². The molecule has 0 N–H and O–H groups in total. The summed E-state index contributed by atoms with van der Waals surface area (Å²) in [6, 6.07) is 0. The third kappa shape index (κ3) is 1.72. The molecule has 8 heteroatoms. The topological polar surface area (TPSA) is 68.9 Å². The Balaban J connectivity index is 2.20. The zero-order chi connectivity index (χ0) is 12.9. The van der Waals surface area contributed by atoms with Gasteiger partial charge in [-0.3, -0.25) is 0 Å². The summed E-state index contributed by atoms with van der Waals surface area (Å²) >= 11 is 2.89. The summed E-state index contributed by atoms with van der Waals surface area (Å²) in [5.41, 5.74) is 0.878.